The molecule has 3 heteroatoms. The van der Waals surface area contributed by atoms with E-state index in [1.165, 1.54) is 29.9 Å². The summed E-state index contributed by atoms with van der Waals surface area (Å²) in [5.74, 6) is 0. The Kier molecular flexibility index (Phi) is 1.87. The van der Waals surface area contributed by atoms with Crippen molar-refractivity contribution in [3.8, 4) is 0 Å². The summed E-state index contributed by atoms with van der Waals surface area (Å²) >= 11 is 5.29. The van der Waals surface area contributed by atoms with Crippen LogP contribution in [0.1, 0.15) is 19.3 Å². The first-order valence-electron chi connectivity index (χ1n) is 3.44. The van der Waals surface area contributed by atoms with Gasteiger partial charge < -0.3 is 0 Å². The molecule has 1 atom stereocenters. The van der Waals surface area contributed by atoms with Crippen LogP contribution in [0.5, 0.6) is 0 Å². The van der Waals surface area contributed by atoms with Gasteiger partial charge in [0.2, 0.25) is 0 Å². The molecule has 1 aliphatic heterocycles. The molecular formula is C7H8BrNS. The fourth-order valence-electron chi connectivity index (χ4n) is 1.24. The van der Waals surface area contributed by atoms with Gasteiger partial charge in [-0.25, -0.2) is 0 Å². The maximum absolute atomic E-state index is 4.44. The maximum Gasteiger partial charge on any atom is 0.155 e. The Balaban J connectivity index is 2.27. The van der Waals surface area contributed by atoms with Crippen molar-refractivity contribution in [2.45, 2.75) is 23.5 Å². The van der Waals surface area contributed by atoms with Crippen LogP contribution in [0.4, 0.5) is 0 Å². The molecule has 2 rings (SSSR count). The first-order chi connectivity index (χ1) is 4.86. The highest BCUT2D eigenvalue weighted by Crippen LogP contribution is 2.38. The second-order valence-electron chi connectivity index (χ2n) is 2.45. The first-order valence-corrected chi connectivity index (χ1v) is 5.24. The third-order valence-electron chi connectivity index (χ3n) is 1.71. The molecule has 0 fully saturated rings. The minimum absolute atomic E-state index is 0.298. The van der Waals surface area contributed by atoms with E-state index in [0.717, 1.165) is 0 Å². The average Bonchev–Trinajstić information content (AvgIpc) is 2.27. The molecule has 0 radical (unpaired) electrons. The van der Waals surface area contributed by atoms with Crippen LogP contribution < -0.4 is 0 Å². The number of thioether (sulfide) groups is 1. The first kappa shape index (κ1) is 6.92. The molecule has 1 heterocycles. The predicted molar refractivity (Wildman–Crippen MR) is 49.7 cm³/mol. The number of rotatable bonds is 0. The van der Waals surface area contributed by atoms with Gasteiger partial charge >= 0.3 is 0 Å². The second-order valence-corrected chi connectivity index (χ2v) is 5.04. The van der Waals surface area contributed by atoms with Gasteiger partial charge in [-0.3, -0.25) is 4.99 Å². The number of nitrogens with zero attached hydrogens (tertiary/aromatic N) is 1. The number of alkyl halides is 1. The van der Waals surface area contributed by atoms with Gasteiger partial charge in [0.1, 0.15) is 0 Å². The lowest BCUT2D eigenvalue weighted by molar-refractivity contribution is 0.876. The third kappa shape index (κ3) is 1.17. The summed E-state index contributed by atoms with van der Waals surface area (Å²) in [6.45, 7) is 0. The van der Waals surface area contributed by atoms with Crippen molar-refractivity contribution in [2.75, 3.05) is 0 Å². The molecule has 1 unspecified atom stereocenters. The molecule has 0 amide bonds. The van der Waals surface area contributed by atoms with Crippen molar-refractivity contribution >= 4 is 33.4 Å². The number of allylic oxidation sites excluding steroid dienone is 2. The molecule has 0 saturated heterocycles. The molecule has 1 nitrogen and oxygen atoms in total. The zero-order valence-electron chi connectivity index (χ0n) is 5.51. The summed E-state index contributed by atoms with van der Waals surface area (Å²) in [5, 5.41) is 0. The van der Waals surface area contributed by atoms with Crippen molar-refractivity contribution in [2.24, 2.45) is 4.99 Å². The monoisotopic (exact) mass is 217 g/mol. The SMILES string of the molecule is BrC1N=C2CCCC=C2S1. The van der Waals surface area contributed by atoms with Crippen LogP contribution in [0.3, 0.4) is 0 Å². The van der Waals surface area contributed by atoms with Crippen LogP contribution >= 0.6 is 27.7 Å². The normalized spacial score (nSPS) is 31.1. The molecule has 0 bridgehead atoms. The van der Waals surface area contributed by atoms with Crippen molar-refractivity contribution in [3.63, 3.8) is 0 Å². The largest absolute Gasteiger partial charge is 0.262 e. The Bertz CT molecular complexity index is 210. The summed E-state index contributed by atoms with van der Waals surface area (Å²) in [4.78, 5) is 5.85. The van der Waals surface area contributed by atoms with Gasteiger partial charge in [0.15, 0.2) is 4.28 Å². The van der Waals surface area contributed by atoms with Crippen LogP contribution in [0.2, 0.25) is 0 Å². The van der Waals surface area contributed by atoms with E-state index in [1.807, 2.05) is 11.8 Å². The van der Waals surface area contributed by atoms with Crippen LogP contribution in [-0.4, -0.2) is 9.99 Å². The van der Waals surface area contributed by atoms with E-state index in [0.29, 0.717) is 4.28 Å². The summed E-state index contributed by atoms with van der Waals surface area (Å²) in [6, 6.07) is 0. The fourth-order valence-corrected chi connectivity index (χ4v) is 2.99. The summed E-state index contributed by atoms with van der Waals surface area (Å²) < 4.78 is 0.298. The molecule has 0 spiro atoms. The zero-order chi connectivity index (χ0) is 6.97. The highest BCUT2D eigenvalue weighted by Gasteiger charge is 2.22. The molecule has 0 aromatic heterocycles. The van der Waals surface area contributed by atoms with Gasteiger partial charge in [-0.05, 0) is 19.3 Å². The number of aliphatic imine (C=N–C) groups is 1. The van der Waals surface area contributed by atoms with Crippen molar-refractivity contribution in [1.29, 1.82) is 0 Å². The number of hydrogen-bond acceptors (Lipinski definition) is 2. The molecule has 2 aliphatic rings. The van der Waals surface area contributed by atoms with Gasteiger partial charge in [-0.15, -0.1) is 0 Å². The van der Waals surface area contributed by atoms with Gasteiger partial charge in [0.05, 0.1) is 5.71 Å². The lowest BCUT2D eigenvalue weighted by Gasteiger charge is -2.06. The Morgan fingerprint density at radius 1 is 1.70 bits per heavy atom. The van der Waals surface area contributed by atoms with Crippen molar-refractivity contribution in [1.82, 2.24) is 0 Å². The average molecular weight is 218 g/mol. The minimum Gasteiger partial charge on any atom is -0.262 e. The molecule has 0 aromatic carbocycles. The lowest BCUT2D eigenvalue weighted by Crippen LogP contribution is -2.00. The standard InChI is InChI=1S/C7H8BrNS/c8-7-9-5-3-1-2-4-6(5)10-7/h4,7H,1-3H2. The van der Waals surface area contributed by atoms with Crippen molar-refractivity contribution < 1.29 is 0 Å². The number of fused-ring (bicyclic) bond motifs is 1. The Hall–Kier alpha value is 0.240. The summed E-state index contributed by atoms with van der Waals surface area (Å²) in [6.07, 6.45) is 6.00. The molecule has 54 valence electrons. The molecule has 1 aliphatic carbocycles. The molecule has 0 saturated carbocycles. The van der Waals surface area contributed by atoms with E-state index >= 15 is 0 Å². The highest BCUT2D eigenvalue weighted by molar-refractivity contribution is 9.11. The molecule has 0 N–H and O–H groups in total. The zero-order valence-corrected chi connectivity index (χ0v) is 7.91. The van der Waals surface area contributed by atoms with Crippen LogP contribution in [0.25, 0.3) is 0 Å². The Labute approximate surface area is 73.1 Å². The summed E-state index contributed by atoms with van der Waals surface area (Å²) in [5.41, 5.74) is 1.32. The lowest BCUT2D eigenvalue weighted by atomic mass is 10.1. The number of hydrogen-bond donors (Lipinski definition) is 0. The molecule has 0 aromatic rings. The van der Waals surface area contributed by atoms with E-state index < -0.39 is 0 Å². The number of halogens is 1. The van der Waals surface area contributed by atoms with Gasteiger partial charge in [0, 0.05) is 4.91 Å². The Morgan fingerprint density at radius 2 is 2.60 bits per heavy atom. The van der Waals surface area contributed by atoms with Crippen LogP contribution in [-0.2, 0) is 0 Å². The predicted octanol–water partition coefficient (Wildman–Crippen LogP) is 2.92. The van der Waals surface area contributed by atoms with Gasteiger partial charge in [-0.2, -0.15) is 0 Å². The Morgan fingerprint density at radius 3 is 3.40 bits per heavy atom. The van der Waals surface area contributed by atoms with E-state index in [2.05, 4.69) is 27.0 Å². The molecule has 10 heavy (non-hydrogen) atoms. The highest BCUT2D eigenvalue weighted by atomic mass is 79.9. The van der Waals surface area contributed by atoms with Crippen LogP contribution in [0.15, 0.2) is 16.0 Å². The van der Waals surface area contributed by atoms with E-state index in [1.54, 1.807) is 0 Å². The fraction of sp³-hybridized carbons (Fsp3) is 0.571. The van der Waals surface area contributed by atoms with E-state index in [4.69, 9.17) is 0 Å². The minimum atomic E-state index is 0.298. The third-order valence-corrected chi connectivity index (χ3v) is 3.44. The smallest absolute Gasteiger partial charge is 0.155 e. The molecular weight excluding hydrogens is 210 g/mol. The van der Waals surface area contributed by atoms with Gasteiger partial charge in [-0.1, -0.05) is 33.8 Å². The van der Waals surface area contributed by atoms with Crippen molar-refractivity contribution in [3.05, 3.63) is 11.0 Å². The topological polar surface area (TPSA) is 12.4 Å². The second kappa shape index (κ2) is 2.70. The van der Waals surface area contributed by atoms with E-state index in [9.17, 15) is 0 Å². The van der Waals surface area contributed by atoms with Crippen LogP contribution in [0, 0.1) is 0 Å². The summed E-state index contributed by atoms with van der Waals surface area (Å²) in [7, 11) is 0. The van der Waals surface area contributed by atoms with Gasteiger partial charge in [0.25, 0.3) is 0 Å². The quantitative estimate of drug-likeness (QED) is 0.449. The van der Waals surface area contributed by atoms with E-state index in [-0.39, 0.29) is 0 Å². The maximum atomic E-state index is 4.44.